The van der Waals surface area contributed by atoms with Crippen molar-refractivity contribution >= 4 is 45.6 Å². The summed E-state index contributed by atoms with van der Waals surface area (Å²) in [4.78, 5) is 16.4. The largest absolute Gasteiger partial charge is 0.444 e. The zero-order chi connectivity index (χ0) is 16.4. The number of rotatable bonds is 4. The standard InChI is InChI=1S/C15H11Cl2N3O2S/c1-8-13(17)15(23-20-8)19-12(21)6-9-7-22-14(18-9)10-4-2-3-5-11(10)16/h2-5,7H,6H2,1H3,(H,19,21). The van der Waals surface area contributed by atoms with Gasteiger partial charge in [-0.25, -0.2) is 4.98 Å². The first kappa shape index (κ1) is 16.0. The molecule has 2 heterocycles. The molecule has 0 unspecified atom stereocenters. The summed E-state index contributed by atoms with van der Waals surface area (Å²) in [5, 5.41) is 4.25. The summed E-state index contributed by atoms with van der Waals surface area (Å²) in [5.41, 5.74) is 1.88. The summed E-state index contributed by atoms with van der Waals surface area (Å²) in [6.45, 7) is 1.78. The molecule has 8 heteroatoms. The van der Waals surface area contributed by atoms with Crippen LogP contribution in [0.5, 0.6) is 0 Å². The van der Waals surface area contributed by atoms with Gasteiger partial charge >= 0.3 is 0 Å². The zero-order valence-electron chi connectivity index (χ0n) is 12.0. The monoisotopic (exact) mass is 367 g/mol. The number of carbonyl (C=O) groups is 1. The molecule has 1 amide bonds. The fourth-order valence-electron chi connectivity index (χ4n) is 1.92. The lowest BCUT2D eigenvalue weighted by atomic mass is 10.2. The third kappa shape index (κ3) is 3.55. The highest BCUT2D eigenvalue weighted by Gasteiger charge is 2.15. The number of hydrogen-bond donors (Lipinski definition) is 1. The predicted octanol–water partition coefficient (Wildman–Crippen LogP) is 4.59. The second-order valence-corrected chi connectivity index (χ2v) is 6.32. The van der Waals surface area contributed by atoms with Crippen LogP contribution in [0.2, 0.25) is 10.0 Å². The first-order chi connectivity index (χ1) is 11.0. The molecule has 0 spiro atoms. The minimum Gasteiger partial charge on any atom is -0.444 e. The Labute approximate surface area is 146 Å². The molecular formula is C15H11Cl2N3O2S. The van der Waals surface area contributed by atoms with Gasteiger partial charge in [-0.15, -0.1) is 0 Å². The minimum atomic E-state index is -0.241. The van der Waals surface area contributed by atoms with E-state index in [2.05, 4.69) is 14.7 Å². The van der Waals surface area contributed by atoms with Gasteiger partial charge in [0.25, 0.3) is 0 Å². The summed E-state index contributed by atoms with van der Waals surface area (Å²) in [6, 6.07) is 7.22. The average molecular weight is 368 g/mol. The van der Waals surface area contributed by atoms with Crippen LogP contribution >= 0.6 is 34.7 Å². The highest BCUT2D eigenvalue weighted by atomic mass is 35.5. The molecule has 3 rings (SSSR count). The van der Waals surface area contributed by atoms with Crippen molar-refractivity contribution in [3.05, 3.63) is 52.0 Å². The van der Waals surface area contributed by atoms with E-state index < -0.39 is 0 Å². The van der Waals surface area contributed by atoms with Gasteiger partial charge in [0.1, 0.15) is 11.3 Å². The van der Waals surface area contributed by atoms with Gasteiger partial charge in [0.15, 0.2) is 0 Å². The van der Waals surface area contributed by atoms with Crippen LogP contribution in [-0.2, 0) is 11.2 Å². The van der Waals surface area contributed by atoms with Crippen LogP contribution in [-0.4, -0.2) is 15.3 Å². The summed E-state index contributed by atoms with van der Waals surface area (Å²) in [6.07, 6.45) is 1.51. The van der Waals surface area contributed by atoms with Crippen LogP contribution in [0, 0.1) is 6.92 Å². The fraction of sp³-hybridized carbons (Fsp3) is 0.133. The Balaban J connectivity index is 1.71. The van der Waals surface area contributed by atoms with Crippen LogP contribution < -0.4 is 5.32 Å². The number of nitrogens with zero attached hydrogens (tertiary/aromatic N) is 2. The van der Waals surface area contributed by atoms with Crippen LogP contribution in [0.15, 0.2) is 34.9 Å². The number of benzene rings is 1. The number of halogens is 2. The van der Waals surface area contributed by atoms with Crippen molar-refractivity contribution in [3.8, 4) is 11.5 Å². The maximum Gasteiger partial charge on any atom is 0.231 e. The van der Waals surface area contributed by atoms with E-state index in [0.717, 1.165) is 11.5 Å². The number of carbonyl (C=O) groups excluding carboxylic acids is 1. The molecule has 0 saturated carbocycles. The normalized spacial score (nSPS) is 10.7. The Morgan fingerprint density at radius 3 is 2.83 bits per heavy atom. The Morgan fingerprint density at radius 1 is 1.35 bits per heavy atom. The minimum absolute atomic E-state index is 0.0707. The lowest BCUT2D eigenvalue weighted by molar-refractivity contribution is -0.115. The van der Waals surface area contributed by atoms with Crippen molar-refractivity contribution in [2.75, 3.05) is 5.32 Å². The lowest BCUT2D eigenvalue weighted by Crippen LogP contribution is -2.14. The third-order valence-corrected chi connectivity index (χ3v) is 4.80. The van der Waals surface area contributed by atoms with E-state index in [1.54, 1.807) is 19.1 Å². The summed E-state index contributed by atoms with van der Waals surface area (Å²) in [7, 11) is 0. The van der Waals surface area contributed by atoms with E-state index in [4.69, 9.17) is 27.6 Å². The molecule has 0 aliphatic carbocycles. The third-order valence-electron chi connectivity index (χ3n) is 3.04. The van der Waals surface area contributed by atoms with Gasteiger partial charge in [-0.2, -0.15) is 4.37 Å². The topological polar surface area (TPSA) is 68.0 Å². The highest BCUT2D eigenvalue weighted by molar-refractivity contribution is 7.11. The molecule has 3 aromatic rings. The highest BCUT2D eigenvalue weighted by Crippen LogP contribution is 2.30. The molecular weight excluding hydrogens is 357 g/mol. The lowest BCUT2D eigenvalue weighted by Gasteiger charge is -2.00. The first-order valence-electron chi connectivity index (χ1n) is 6.65. The molecule has 5 nitrogen and oxygen atoms in total. The van der Waals surface area contributed by atoms with Crippen molar-refractivity contribution in [1.82, 2.24) is 9.36 Å². The molecule has 0 aliphatic rings. The number of amides is 1. The summed E-state index contributed by atoms with van der Waals surface area (Å²) in [5.74, 6) is 0.139. The quantitative estimate of drug-likeness (QED) is 0.731. The molecule has 0 atom stereocenters. The molecule has 23 heavy (non-hydrogen) atoms. The second-order valence-electron chi connectivity index (χ2n) is 4.76. The first-order valence-corrected chi connectivity index (χ1v) is 8.18. The van der Waals surface area contributed by atoms with Crippen molar-refractivity contribution in [2.45, 2.75) is 13.3 Å². The van der Waals surface area contributed by atoms with Gasteiger partial charge in [-0.05, 0) is 30.6 Å². The molecule has 0 bridgehead atoms. The Kier molecular flexibility index (Phi) is 4.66. The SMILES string of the molecule is Cc1nsc(NC(=O)Cc2coc(-c3ccccc3Cl)n2)c1Cl. The van der Waals surface area contributed by atoms with E-state index in [0.29, 0.717) is 37.9 Å². The summed E-state index contributed by atoms with van der Waals surface area (Å²) >= 11 is 13.3. The van der Waals surface area contributed by atoms with Crippen LogP contribution in [0.3, 0.4) is 0 Å². The molecule has 0 fully saturated rings. The zero-order valence-corrected chi connectivity index (χ0v) is 14.3. The van der Waals surface area contributed by atoms with Gasteiger partial charge in [0.05, 0.1) is 33.4 Å². The molecule has 0 saturated heterocycles. The molecule has 2 aromatic heterocycles. The molecule has 1 aromatic carbocycles. The van der Waals surface area contributed by atoms with Gasteiger partial charge in [-0.3, -0.25) is 4.79 Å². The molecule has 1 N–H and O–H groups in total. The van der Waals surface area contributed by atoms with Crippen molar-refractivity contribution in [3.63, 3.8) is 0 Å². The van der Waals surface area contributed by atoms with Crippen molar-refractivity contribution < 1.29 is 9.21 Å². The Hall–Kier alpha value is -1.89. The van der Waals surface area contributed by atoms with E-state index in [1.807, 2.05) is 12.1 Å². The van der Waals surface area contributed by atoms with Gasteiger partial charge in [0.2, 0.25) is 11.8 Å². The number of oxazole rings is 1. The van der Waals surface area contributed by atoms with Crippen LogP contribution in [0.25, 0.3) is 11.5 Å². The number of aryl methyl sites for hydroxylation is 1. The molecule has 0 aliphatic heterocycles. The molecule has 118 valence electrons. The Morgan fingerprint density at radius 2 is 2.13 bits per heavy atom. The van der Waals surface area contributed by atoms with Crippen molar-refractivity contribution in [1.29, 1.82) is 0 Å². The van der Waals surface area contributed by atoms with E-state index in [9.17, 15) is 4.79 Å². The van der Waals surface area contributed by atoms with Crippen LogP contribution in [0.4, 0.5) is 5.00 Å². The number of anilines is 1. The number of nitrogens with one attached hydrogen (secondary N) is 1. The van der Waals surface area contributed by atoms with E-state index >= 15 is 0 Å². The van der Waals surface area contributed by atoms with Crippen molar-refractivity contribution in [2.24, 2.45) is 0 Å². The fourth-order valence-corrected chi connectivity index (χ4v) is 3.08. The van der Waals surface area contributed by atoms with Gasteiger partial charge in [-0.1, -0.05) is 35.3 Å². The van der Waals surface area contributed by atoms with E-state index in [-0.39, 0.29) is 12.3 Å². The Bertz CT molecular complexity index is 860. The van der Waals surface area contributed by atoms with Gasteiger partial charge < -0.3 is 9.73 Å². The number of hydrogen-bond acceptors (Lipinski definition) is 5. The van der Waals surface area contributed by atoms with Gasteiger partial charge in [0, 0.05) is 0 Å². The maximum absolute atomic E-state index is 12.1. The number of aromatic nitrogens is 2. The smallest absolute Gasteiger partial charge is 0.231 e. The summed E-state index contributed by atoms with van der Waals surface area (Å²) < 4.78 is 9.48. The molecule has 0 radical (unpaired) electrons. The maximum atomic E-state index is 12.1. The van der Waals surface area contributed by atoms with E-state index in [1.165, 1.54) is 6.26 Å². The average Bonchev–Trinajstić information content (AvgIpc) is 3.10. The van der Waals surface area contributed by atoms with Crippen LogP contribution in [0.1, 0.15) is 11.4 Å². The second kappa shape index (κ2) is 6.70. The predicted molar refractivity (Wildman–Crippen MR) is 91.1 cm³/mol.